The lowest BCUT2D eigenvalue weighted by Gasteiger charge is -2.10. The van der Waals surface area contributed by atoms with Crippen LogP contribution < -0.4 is 5.73 Å². The van der Waals surface area contributed by atoms with Crippen molar-refractivity contribution in [2.24, 2.45) is 0 Å². The second-order valence-electron chi connectivity index (χ2n) is 6.02. The van der Waals surface area contributed by atoms with Crippen molar-refractivity contribution in [3.05, 3.63) is 89.4 Å². The third-order valence-corrected chi connectivity index (χ3v) is 5.33. The molecule has 27 heavy (non-hydrogen) atoms. The van der Waals surface area contributed by atoms with Crippen molar-refractivity contribution in [3.8, 4) is 17.1 Å². The van der Waals surface area contributed by atoms with Gasteiger partial charge < -0.3 is 5.73 Å². The van der Waals surface area contributed by atoms with Crippen molar-refractivity contribution >= 4 is 29.1 Å². The summed E-state index contributed by atoms with van der Waals surface area (Å²) in [7, 11) is 0. The van der Waals surface area contributed by atoms with Crippen molar-refractivity contribution in [2.45, 2.75) is 10.9 Å². The molecular formula is C21H17ClN4S. The fraction of sp³-hybridized carbons (Fsp3) is 0.0476. The summed E-state index contributed by atoms with van der Waals surface area (Å²) in [5.74, 6) is 1.55. The number of aromatic nitrogens is 3. The Bertz CT molecular complexity index is 1050. The van der Waals surface area contributed by atoms with E-state index in [2.05, 4.69) is 14.8 Å². The van der Waals surface area contributed by atoms with E-state index in [1.165, 1.54) is 5.56 Å². The van der Waals surface area contributed by atoms with Crippen LogP contribution in [0.25, 0.3) is 17.1 Å². The van der Waals surface area contributed by atoms with E-state index in [-0.39, 0.29) is 0 Å². The van der Waals surface area contributed by atoms with E-state index < -0.39 is 0 Å². The van der Waals surface area contributed by atoms with Gasteiger partial charge in [0, 0.05) is 27.7 Å². The maximum atomic E-state index is 5.97. The number of nitrogens with two attached hydrogens (primary N) is 1. The Morgan fingerprint density at radius 1 is 0.889 bits per heavy atom. The molecule has 4 nitrogen and oxygen atoms in total. The van der Waals surface area contributed by atoms with Gasteiger partial charge in [-0.1, -0.05) is 65.8 Å². The third kappa shape index (κ3) is 3.99. The number of hydrogen-bond acceptors (Lipinski definition) is 4. The Morgan fingerprint density at radius 3 is 2.41 bits per heavy atom. The molecule has 1 aromatic heterocycles. The standard InChI is InChI=1S/C21H17ClN4S/c22-17-11-9-15(10-12-17)14-27-21-25-24-20(16-5-4-6-18(23)13-16)26(21)19-7-2-1-3-8-19/h1-13H,14,23H2. The summed E-state index contributed by atoms with van der Waals surface area (Å²) in [5, 5.41) is 10.4. The maximum Gasteiger partial charge on any atom is 0.196 e. The van der Waals surface area contributed by atoms with Gasteiger partial charge in [-0.3, -0.25) is 4.57 Å². The molecule has 0 saturated carbocycles. The Morgan fingerprint density at radius 2 is 1.67 bits per heavy atom. The highest BCUT2D eigenvalue weighted by Crippen LogP contribution is 2.30. The summed E-state index contributed by atoms with van der Waals surface area (Å²) in [4.78, 5) is 0. The van der Waals surface area contributed by atoms with Gasteiger partial charge in [-0.05, 0) is 42.0 Å². The van der Waals surface area contributed by atoms with Crippen LogP contribution in [-0.2, 0) is 5.75 Å². The summed E-state index contributed by atoms with van der Waals surface area (Å²) in [6, 6.07) is 25.6. The average Bonchev–Trinajstić information content (AvgIpc) is 3.12. The van der Waals surface area contributed by atoms with Gasteiger partial charge in [0.2, 0.25) is 0 Å². The minimum atomic E-state index is 0.700. The van der Waals surface area contributed by atoms with E-state index in [4.69, 9.17) is 17.3 Å². The quantitative estimate of drug-likeness (QED) is 0.362. The second kappa shape index (κ2) is 7.86. The molecule has 0 aliphatic heterocycles. The highest BCUT2D eigenvalue weighted by molar-refractivity contribution is 7.98. The predicted octanol–water partition coefficient (Wildman–Crippen LogP) is 5.46. The first-order chi connectivity index (χ1) is 13.2. The Hall–Kier alpha value is -2.76. The fourth-order valence-corrected chi connectivity index (χ4v) is 3.80. The molecule has 2 N–H and O–H groups in total. The topological polar surface area (TPSA) is 56.7 Å². The van der Waals surface area contributed by atoms with Crippen LogP contribution in [0.15, 0.2) is 84.0 Å². The summed E-state index contributed by atoms with van der Waals surface area (Å²) < 4.78 is 2.06. The molecule has 4 rings (SSSR count). The Labute approximate surface area is 167 Å². The van der Waals surface area contributed by atoms with Crippen LogP contribution in [0.2, 0.25) is 5.02 Å². The molecule has 0 unspecified atom stereocenters. The second-order valence-corrected chi connectivity index (χ2v) is 7.40. The summed E-state index contributed by atoms with van der Waals surface area (Å²) >= 11 is 7.61. The van der Waals surface area contributed by atoms with Crippen molar-refractivity contribution in [1.29, 1.82) is 0 Å². The van der Waals surface area contributed by atoms with E-state index in [0.29, 0.717) is 5.69 Å². The van der Waals surface area contributed by atoms with Crippen LogP contribution in [0.4, 0.5) is 5.69 Å². The molecule has 0 amide bonds. The third-order valence-electron chi connectivity index (χ3n) is 4.07. The number of nitrogen functional groups attached to an aromatic ring is 1. The van der Waals surface area contributed by atoms with Gasteiger partial charge in [0.1, 0.15) is 0 Å². The normalized spacial score (nSPS) is 10.9. The highest BCUT2D eigenvalue weighted by atomic mass is 35.5. The van der Waals surface area contributed by atoms with Crippen LogP contribution in [-0.4, -0.2) is 14.8 Å². The Balaban J connectivity index is 1.72. The Kier molecular flexibility index (Phi) is 5.14. The smallest absolute Gasteiger partial charge is 0.196 e. The molecule has 0 spiro atoms. The molecule has 0 bridgehead atoms. The monoisotopic (exact) mass is 392 g/mol. The molecule has 0 atom stereocenters. The van der Waals surface area contributed by atoms with Crippen LogP contribution in [0, 0.1) is 0 Å². The van der Waals surface area contributed by atoms with Gasteiger partial charge in [-0.15, -0.1) is 10.2 Å². The van der Waals surface area contributed by atoms with E-state index >= 15 is 0 Å². The van der Waals surface area contributed by atoms with Gasteiger partial charge in [0.15, 0.2) is 11.0 Å². The fourth-order valence-electron chi connectivity index (χ4n) is 2.77. The number of halogens is 1. The van der Waals surface area contributed by atoms with Gasteiger partial charge in [-0.25, -0.2) is 0 Å². The predicted molar refractivity (Wildman–Crippen MR) is 112 cm³/mol. The number of hydrogen-bond donors (Lipinski definition) is 1. The zero-order valence-corrected chi connectivity index (χ0v) is 16.0. The summed E-state index contributed by atoms with van der Waals surface area (Å²) in [6.07, 6.45) is 0. The molecule has 134 valence electrons. The van der Waals surface area contributed by atoms with E-state index in [9.17, 15) is 0 Å². The molecule has 6 heteroatoms. The summed E-state index contributed by atoms with van der Waals surface area (Å²) in [5.41, 5.74) is 9.79. The number of para-hydroxylation sites is 1. The first-order valence-corrected chi connectivity index (χ1v) is 9.81. The molecule has 0 saturated heterocycles. The molecule has 0 radical (unpaired) electrons. The molecular weight excluding hydrogens is 376 g/mol. The minimum Gasteiger partial charge on any atom is -0.399 e. The molecule has 0 fully saturated rings. The zero-order chi connectivity index (χ0) is 18.6. The molecule has 0 aliphatic rings. The van der Waals surface area contributed by atoms with Gasteiger partial charge in [0.05, 0.1) is 0 Å². The lowest BCUT2D eigenvalue weighted by atomic mass is 10.2. The highest BCUT2D eigenvalue weighted by Gasteiger charge is 2.16. The van der Waals surface area contributed by atoms with Gasteiger partial charge >= 0.3 is 0 Å². The van der Waals surface area contributed by atoms with Gasteiger partial charge in [-0.2, -0.15) is 0 Å². The lowest BCUT2D eigenvalue weighted by molar-refractivity contribution is 0.886. The number of thioether (sulfide) groups is 1. The summed E-state index contributed by atoms with van der Waals surface area (Å²) in [6.45, 7) is 0. The average molecular weight is 393 g/mol. The van der Waals surface area contributed by atoms with Crippen molar-refractivity contribution in [2.75, 3.05) is 5.73 Å². The zero-order valence-electron chi connectivity index (χ0n) is 14.4. The minimum absolute atomic E-state index is 0.700. The number of benzene rings is 3. The van der Waals surface area contributed by atoms with Gasteiger partial charge in [0.25, 0.3) is 0 Å². The van der Waals surface area contributed by atoms with Crippen LogP contribution >= 0.6 is 23.4 Å². The van der Waals surface area contributed by atoms with E-state index in [1.807, 2.05) is 78.9 Å². The molecule has 0 aliphatic carbocycles. The molecule has 4 aromatic rings. The van der Waals surface area contributed by atoms with Crippen LogP contribution in [0.3, 0.4) is 0 Å². The van der Waals surface area contributed by atoms with Crippen molar-refractivity contribution in [1.82, 2.24) is 14.8 Å². The first kappa shape index (κ1) is 17.6. The number of anilines is 1. The first-order valence-electron chi connectivity index (χ1n) is 8.45. The van der Waals surface area contributed by atoms with Crippen LogP contribution in [0.5, 0.6) is 0 Å². The van der Waals surface area contributed by atoms with Crippen molar-refractivity contribution in [3.63, 3.8) is 0 Å². The number of nitrogens with zero attached hydrogens (tertiary/aromatic N) is 3. The molecule has 3 aromatic carbocycles. The van der Waals surface area contributed by atoms with Crippen LogP contribution in [0.1, 0.15) is 5.56 Å². The number of rotatable bonds is 5. The SMILES string of the molecule is Nc1cccc(-c2nnc(SCc3ccc(Cl)cc3)n2-c2ccccc2)c1. The van der Waals surface area contributed by atoms with Crippen molar-refractivity contribution < 1.29 is 0 Å². The maximum absolute atomic E-state index is 5.97. The lowest BCUT2D eigenvalue weighted by Crippen LogP contribution is -2.00. The molecule has 1 heterocycles. The van der Waals surface area contributed by atoms with E-state index in [0.717, 1.165) is 33.0 Å². The largest absolute Gasteiger partial charge is 0.399 e. The van der Waals surface area contributed by atoms with E-state index in [1.54, 1.807) is 11.8 Å².